The summed E-state index contributed by atoms with van der Waals surface area (Å²) in [5, 5.41) is 10.3. The number of nitrogens with zero attached hydrogens (tertiary/aromatic N) is 4. The molecule has 8 heteroatoms. The second kappa shape index (κ2) is 8.97. The van der Waals surface area contributed by atoms with Crippen LogP contribution in [-0.2, 0) is 5.88 Å². The molecule has 0 aliphatic carbocycles. The fourth-order valence-corrected chi connectivity index (χ4v) is 3.20. The molecule has 4 aromatic rings. The van der Waals surface area contributed by atoms with E-state index in [2.05, 4.69) is 25.7 Å². The average molecular weight is 433 g/mol. The maximum atomic E-state index is 12.7. The highest BCUT2D eigenvalue weighted by atomic mass is 35.5. The number of carbonyl (C=O) groups excluding carboxylic acids is 1. The maximum absolute atomic E-state index is 12.7. The Balaban J connectivity index is 1.48. The standard InChI is InChI=1S/C23H21ClN6O/c1-15-4-5-17(13-24)12-20(15)28-22(31)18-6-8-19(9-7-18)27-23-25-14-16(2)21(29-23)30-11-3-10-26-30/h3-12,14H,13H2,1-2H3,(H,28,31)(H,25,27,29). The quantitative estimate of drug-likeness (QED) is 0.418. The molecule has 1 amide bonds. The first-order chi connectivity index (χ1) is 15.0. The molecule has 156 valence electrons. The van der Waals surface area contributed by atoms with E-state index in [1.165, 1.54) is 0 Å². The third-order valence-corrected chi connectivity index (χ3v) is 5.08. The van der Waals surface area contributed by atoms with Crippen LogP contribution < -0.4 is 10.6 Å². The molecule has 4 rings (SSSR count). The van der Waals surface area contributed by atoms with Crippen molar-refractivity contribution in [1.82, 2.24) is 19.7 Å². The lowest BCUT2D eigenvalue weighted by molar-refractivity contribution is 0.102. The van der Waals surface area contributed by atoms with Crippen molar-refractivity contribution in [3.05, 3.63) is 89.4 Å². The van der Waals surface area contributed by atoms with Crippen LogP contribution in [0.25, 0.3) is 5.82 Å². The normalized spacial score (nSPS) is 10.7. The van der Waals surface area contributed by atoms with E-state index in [-0.39, 0.29) is 5.91 Å². The van der Waals surface area contributed by atoms with Crippen molar-refractivity contribution in [2.75, 3.05) is 10.6 Å². The zero-order valence-corrected chi connectivity index (χ0v) is 17.9. The maximum Gasteiger partial charge on any atom is 0.255 e. The van der Waals surface area contributed by atoms with Gasteiger partial charge in [0.05, 0.1) is 0 Å². The lowest BCUT2D eigenvalue weighted by Gasteiger charge is -2.11. The summed E-state index contributed by atoms with van der Waals surface area (Å²) in [6, 6.07) is 14.8. The summed E-state index contributed by atoms with van der Waals surface area (Å²) >= 11 is 5.90. The number of halogens is 1. The van der Waals surface area contributed by atoms with Crippen molar-refractivity contribution in [2.24, 2.45) is 0 Å². The van der Waals surface area contributed by atoms with Gasteiger partial charge in [-0.25, -0.2) is 9.67 Å². The van der Waals surface area contributed by atoms with Crippen LogP contribution in [0.4, 0.5) is 17.3 Å². The Morgan fingerprint density at radius 3 is 2.61 bits per heavy atom. The van der Waals surface area contributed by atoms with Crippen LogP contribution in [0.5, 0.6) is 0 Å². The molecule has 0 spiro atoms. The molecule has 2 heterocycles. The fourth-order valence-electron chi connectivity index (χ4n) is 3.03. The second-order valence-corrected chi connectivity index (χ2v) is 7.36. The number of rotatable bonds is 6. The average Bonchev–Trinajstić information content (AvgIpc) is 3.32. The number of carbonyl (C=O) groups is 1. The van der Waals surface area contributed by atoms with E-state index in [0.717, 1.165) is 28.1 Å². The first-order valence-corrected chi connectivity index (χ1v) is 10.2. The molecule has 31 heavy (non-hydrogen) atoms. The molecule has 0 saturated heterocycles. The first kappa shape index (κ1) is 20.6. The lowest BCUT2D eigenvalue weighted by Crippen LogP contribution is -2.13. The van der Waals surface area contributed by atoms with Gasteiger partial charge in [0.1, 0.15) is 0 Å². The third-order valence-electron chi connectivity index (χ3n) is 4.77. The summed E-state index contributed by atoms with van der Waals surface area (Å²) in [6.07, 6.45) is 5.27. The minimum absolute atomic E-state index is 0.186. The molecular formula is C23H21ClN6O. The third kappa shape index (κ3) is 4.73. The smallest absolute Gasteiger partial charge is 0.255 e. The number of aryl methyl sites for hydroxylation is 2. The molecule has 0 aliphatic rings. The molecule has 0 aliphatic heterocycles. The summed E-state index contributed by atoms with van der Waals surface area (Å²) in [5.74, 6) is 1.36. The first-order valence-electron chi connectivity index (χ1n) is 9.71. The van der Waals surface area contributed by atoms with Crippen LogP contribution in [0.15, 0.2) is 67.1 Å². The molecule has 0 saturated carbocycles. The van der Waals surface area contributed by atoms with Gasteiger partial charge in [-0.15, -0.1) is 11.6 Å². The Morgan fingerprint density at radius 1 is 1.10 bits per heavy atom. The molecular weight excluding hydrogens is 412 g/mol. The number of benzene rings is 2. The zero-order valence-electron chi connectivity index (χ0n) is 17.1. The van der Waals surface area contributed by atoms with E-state index < -0.39 is 0 Å². The highest BCUT2D eigenvalue weighted by Crippen LogP contribution is 2.21. The Labute approximate surface area is 185 Å². The number of hydrogen-bond donors (Lipinski definition) is 2. The summed E-state index contributed by atoms with van der Waals surface area (Å²) in [7, 11) is 0. The fraction of sp³-hybridized carbons (Fsp3) is 0.130. The van der Waals surface area contributed by atoms with Crippen molar-refractivity contribution in [3.8, 4) is 5.82 Å². The summed E-state index contributed by atoms with van der Waals surface area (Å²) < 4.78 is 1.69. The minimum atomic E-state index is -0.186. The predicted octanol–water partition coefficient (Wildman–Crippen LogP) is 5.01. The second-order valence-electron chi connectivity index (χ2n) is 7.09. The van der Waals surface area contributed by atoms with Gasteiger partial charge in [0.15, 0.2) is 5.82 Å². The summed E-state index contributed by atoms with van der Waals surface area (Å²) in [4.78, 5) is 21.5. The summed E-state index contributed by atoms with van der Waals surface area (Å²) in [6.45, 7) is 3.87. The van der Waals surface area contributed by atoms with E-state index in [9.17, 15) is 4.79 Å². The number of hydrogen-bond acceptors (Lipinski definition) is 5. The molecule has 0 unspecified atom stereocenters. The van der Waals surface area contributed by atoms with Crippen LogP contribution in [-0.4, -0.2) is 25.7 Å². The Morgan fingerprint density at radius 2 is 1.90 bits per heavy atom. The Hall–Kier alpha value is -3.71. The van der Waals surface area contributed by atoms with E-state index >= 15 is 0 Å². The lowest BCUT2D eigenvalue weighted by atomic mass is 10.1. The largest absolute Gasteiger partial charge is 0.324 e. The van der Waals surface area contributed by atoms with E-state index in [1.807, 2.05) is 56.4 Å². The van der Waals surface area contributed by atoms with Gasteiger partial charge in [0.2, 0.25) is 5.95 Å². The molecule has 7 nitrogen and oxygen atoms in total. The van der Waals surface area contributed by atoms with Gasteiger partial charge < -0.3 is 10.6 Å². The minimum Gasteiger partial charge on any atom is -0.324 e. The van der Waals surface area contributed by atoms with Gasteiger partial charge >= 0.3 is 0 Å². The van der Waals surface area contributed by atoms with Crippen LogP contribution in [0, 0.1) is 13.8 Å². The molecule has 2 N–H and O–H groups in total. The summed E-state index contributed by atoms with van der Waals surface area (Å²) in [5.41, 5.74) is 4.91. The van der Waals surface area contributed by atoms with Gasteiger partial charge in [-0.1, -0.05) is 12.1 Å². The van der Waals surface area contributed by atoms with Gasteiger partial charge in [-0.05, 0) is 61.4 Å². The predicted molar refractivity (Wildman–Crippen MR) is 122 cm³/mol. The molecule has 0 bridgehead atoms. The Kier molecular flexibility index (Phi) is 5.95. The van der Waals surface area contributed by atoms with Crippen molar-refractivity contribution >= 4 is 34.8 Å². The van der Waals surface area contributed by atoms with Gasteiger partial charge in [0, 0.05) is 47.0 Å². The van der Waals surface area contributed by atoms with Crippen LogP contribution in [0.2, 0.25) is 0 Å². The van der Waals surface area contributed by atoms with Crippen LogP contribution >= 0.6 is 11.6 Å². The van der Waals surface area contributed by atoms with Crippen molar-refractivity contribution in [1.29, 1.82) is 0 Å². The molecule has 2 aromatic heterocycles. The van der Waals surface area contributed by atoms with Crippen molar-refractivity contribution < 1.29 is 4.79 Å². The highest BCUT2D eigenvalue weighted by molar-refractivity contribution is 6.17. The van der Waals surface area contributed by atoms with Crippen molar-refractivity contribution in [3.63, 3.8) is 0 Å². The number of anilines is 3. The monoisotopic (exact) mass is 432 g/mol. The van der Waals surface area contributed by atoms with E-state index in [0.29, 0.717) is 23.2 Å². The number of aromatic nitrogens is 4. The van der Waals surface area contributed by atoms with Gasteiger partial charge in [-0.2, -0.15) is 10.1 Å². The Bertz CT molecular complexity index is 1210. The number of amides is 1. The van der Waals surface area contributed by atoms with E-state index in [1.54, 1.807) is 29.2 Å². The molecule has 2 aromatic carbocycles. The van der Waals surface area contributed by atoms with Crippen LogP contribution in [0.3, 0.4) is 0 Å². The van der Waals surface area contributed by atoms with E-state index in [4.69, 9.17) is 11.6 Å². The van der Waals surface area contributed by atoms with Crippen LogP contribution in [0.1, 0.15) is 27.0 Å². The topological polar surface area (TPSA) is 84.7 Å². The van der Waals surface area contributed by atoms with Crippen molar-refractivity contribution in [2.45, 2.75) is 19.7 Å². The van der Waals surface area contributed by atoms with Gasteiger partial charge in [-0.3, -0.25) is 4.79 Å². The molecule has 0 fully saturated rings. The molecule has 0 radical (unpaired) electrons. The SMILES string of the molecule is Cc1ccc(CCl)cc1NC(=O)c1ccc(Nc2ncc(C)c(-n3cccn3)n2)cc1. The number of alkyl halides is 1. The van der Waals surface area contributed by atoms with Gasteiger partial charge in [0.25, 0.3) is 5.91 Å². The number of nitrogens with one attached hydrogen (secondary N) is 2. The highest BCUT2D eigenvalue weighted by Gasteiger charge is 2.10. The molecule has 0 atom stereocenters. The zero-order chi connectivity index (χ0) is 21.8.